The van der Waals surface area contributed by atoms with Crippen LogP contribution in [0.4, 0.5) is 21.0 Å². The molecule has 14 heteroatoms. The monoisotopic (exact) mass is 534 g/mol. The van der Waals surface area contributed by atoms with Gasteiger partial charge in [0.15, 0.2) is 0 Å². The molecule has 1 saturated heterocycles. The van der Waals surface area contributed by atoms with E-state index in [4.69, 9.17) is 9.47 Å². The second kappa shape index (κ2) is 12.4. The predicted molar refractivity (Wildman–Crippen MR) is 133 cm³/mol. The fraction of sp³-hybridized carbons (Fsp3) is 0.391. The number of rotatable bonds is 11. The molecule has 37 heavy (non-hydrogen) atoms. The number of ether oxygens (including phenoxy) is 2. The third-order valence-electron chi connectivity index (χ3n) is 5.82. The highest BCUT2D eigenvalue weighted by Crippen LogP contribution is 2.34. The number of carboxylic acid groups (broad SMARTS) is 1. The molecule has 0 spiro atoms. The zero-order chi connectivity index (χ0) is 27.0. The molecule has 0 aliphatic carbocycles. The lowest BCUT2D eigenvalue weighted by atomic mass is 10.2. The Bertz CT molecular complexity index is 1130. The van der Waals surface area contributed by atoms with Crippen LogP contribution >= 0.6 is 12.6 Å². The molecule has 0 saturated carbocycles. The number of non-ortho nitro benzene ring substituents is 2. The molecule has 1 aliphatic rings. The van der Waals surface area contributed by atoms with Crippen LogP contribution in [0.5, 0.6) is 0 Å². The molecule has 2 aromatic rings. The minimum absolute atomic E-state index is 0.0315. The third kappa shape index (κ3) is 7.54. The highest BCUT2D eigenvalue weighted by atomic mass is 32.1. The second-order valence-electron chi connectivity index (χ2n) is 8.40. The Kier molecular flexibility index (Phi) is 9.25. The standard InChI is InChI=1S/C23H26N4O9S/c28-21(29)24(14-17-2-6-19(7-3-17)26(31)32)12-13-35-16-23(37)10-1-11-25(23)22(30)36-15-18-4-8-20(9-5-18)27(33)34/h2-9,37H,1,10-16H2,(H,28,29). The summed E-state index contributed by atoms with van der Waals surface area (Å²) in [4.78, 5) is 46.4. The summed E-state index contributed by atoms with van der Waals surface area (Å²) in [5.74, 6) is 0. The maximum Gasteiger partial charge on any atom is 0.411 e. The molecule has 1 unspecified atom stereocenters. The Morgan fingerprint density at radius 2 is 1.59 bits per heavy atom. The molecule has 0 bridgehead atoms. The molecule has 1 aliphatic heterocycles. The molecular formula is C23H26N4O9S. The van der Waals surface area contributed by atoms with Crippen LogP contribution in [0, 0.1) is 20.2 Å². The van der Waals surface area contributed by atoms with E-state index in [9.17, 15) is 34.9 Å². The number of nitrogens with zero attached hydrogens (tertiary/aromatic N) is 4. The summed E-state index contributed by atoms with van der Waals surface area (Å²) in [6, 6.07) is 11.3. The summed E-state index contributed by atoms with van der Waals surface area (Å²) in [6.45, 7) is 0.521. The van der Waals surface area contributed by atoms with Crippen LogP contribution in [0.15, 0.2) is 48.5 Å². The smallest absolute Gasteiger partial charge is 0.411 e. The van der Waals surface area contributed by atoms with E-state index in [0.29, 0.717) is 30.5 Å². The molecule has 2 aromatic carbocycles. The van der Waals surface area contributed by atoms with E-state index in [1.54, 1.807) is 0 Å². The summed E-state index contributed by atoms with van der Waals surface area (Å²) >= 11 is 4.64. The largest absolute Gasteiger partial charge is 0.465 e. The van der Waals surface area contributed by atoms with E-state index in [1.165, 1.54) is 53.4 Å². The number of thiol groups is 1. The first-order valence-corrected chi connectivity index (χ1v) is 11.7. The summed E-state index contributed by atoms with van der Waals surface area (Å²) in [7, 11) is 0. The number of carbonyl (C=O) groups is 2. The first-order chi connectivity index (χ1) is 17.6. The lowest BCUT2D eigenvalue weighted by molar-refractivity contribution is -0.385. The van der Waals surface area contributed by atoms with Crippen molar-refractivity contribution in [1.82, 2.24) is 9.80 Å². The maximum atomic E-state index is 12.7. The first-order valence-electron chi connectivity index (χ1n) is 11.3. The van der Waals surface area contributed by atoms with E-state index >= 15 is 0 Å². The summed E-state index contributed by atoms with van der Waals surface area (Å²) < 4.78 is 11.0. The summed E-state index contributed by atoms with van der Waals surface area (Å²) in [5.41, 5.74) is 1.05. The van der Waals surface area contributed by atoms with Crippen molar-refractivity contribution in [2.24, 2.45) is 0 Å². The average Bonchev–Trinajstić information content (AvgIpc) is 3.26. The molecule has 2 amide bonds. The Labute approximate surface area is 217 Å². The Balaban J connectivity index is 1.47. The van der Waals surface area contributed by atoms with E-state index < -0.39 is 26.9 Å². The first kappa shape index (κ1) is 27.7. The second-order valence-corrected chi connectivity index (χ2v) is 9.23. The molecule has 3 rings (SSSR count). The summed E-state index contributed by atoms with van der Waals surface area (Å²) in [5, 5.41) is 31.0. The van der Waals surface area contributed by atoms with Crippen LogP contribution in [0.1, 0.15) is 24.0 Å². The Hall–Kier alpha value is -3.91. The van der Waals surface area contributed by atoms with Gasteiger partial charge in [0.2, 0.25) is 0 Å². The number of benzene rings is 2. The molecule has 1 fully saturated rings. The molecule has 13 nitrogen and oxygen atoms in total. The number of amides is 2. The van der Waals surface area contributed by atoms with Crippen molar-refractivity contribution in [3.63, 3.8) is 0 Å². The maximum absolute atomic E-state index is 12.7. The summed E-state index contributed by atoms with van der Waals surface area (Å²) in [6.07, 6.45) is -0.533. The van der Waals surface area contributed by atoms with E-state index in [2.05, 4.69) is 12.6 Å². The van der Waals surface area contributed by atoms with E-state index in [-0.39, 0.29) is 44.3 Å². The van der Waals surface area contributed by atoms with Crippen LogP contribution in [-0.4, -0.2) is 68.1 Å². The number of hydrogen-bond acceptors (Lipinski definition) is 9. The van der Waals surface area contributed by atoms with Gasteiger partial charge in [-0.3, -0.25) is 25.1 Å². The van der Waals surface area contributed by atoms with Gasteiger partial charge in [-0.05, 0) is 36.1 Å². The van der Waals surface area contributed by atoms with Gasteiger partial charge in [-0.1, -0.05) is 12.1 Å². The average molecular weight is 535 g/mol. The van der Waals surface area contributed by atoms with Crippen LogP contribution in [0.2, 0.25) is 0 Å². The molecule has 1 atom stereocenters. The SMILES string of the molecule is O=C(O)N(CCOCC1(S)CCCN1C(=O)OCc1ccc([N+](=O)[O-])cc1)Cc1ccc([N+](=O)[O-])cc1. The van der Waals surface area contributed by atoms with E-state index in [1.807, 2.05) is 0 Å². The highest BCUT2D eigenvalue weighted by Gasteiger charge is 2.42. The Morgan fingerprint density at radius 3 is 2.14 bits per heavy atom. The van der Waals surface area contributed by atoms with Gasteiger partial charge < -0.3 is 19.5 Å². The Morgan fingerprint density at radius 1 is 1.03 bits per heavy atom. The topological polar surface area (TPSA) is 166 Å². The number of nitro groups is 2. The van der Waals surface area contributed by atoms with Gasteiger partial charge in [0.25, 0.3) is 11.4 Å². The minimum Gasteiger partial charge on any atom is -0.465 e. The molecular weight excluding hydrogens is 508 g/mol. The minimum atomic E-state index is -1.17. The van der Waals surface area contributed by atoms with E-state index in [0.717, 1.165) is 4.90 Å². The van der Waals surface area contributed by atoms with Crippen molar-refractivity contribution in [1.29, 1.82) is 0 Å². The fourth-order valence-electron chi connectivity index (χ4n) is 3.81. The predicted octanol–water partition coefficient (Wildman–Crippen LogP) is 4.06. The van der Waals surface area contributed by atoms with Crippen molar-refractivity contribution >= 4 is 36.2 Å². The van der Waals surface area contributed by atoms with Crippen LogP contribution < -0.4 is 0 Å². The highest BCUT2D eigenvalue weighted by molar-refractivity contribution is 7.81. The number of likely N-dealkylation sites (tertiary alicyclic amines) is 1. The number of nitro benzene ring substituents is 2. The quantitative estimate of drug-likeness (QED) is 0.187. The lowest BCUT2D eigenvalue weighted by Gasteiger charge is -2.33. The normalized spacial score (nSPS) is 16.8. The fourth-order valence-corrected chi connectivity index (χ4v) is 4.24. The number of carbonyl (C=O) groups excluding carboxylic acids is 1. The van der Waals surface area contributed by atoms with Crippen molar-refractivity contribution in [2.75, 3.05) is 26.3 Å². The lowest BCUT2D eigenvalue weighted by Crippen LogP contribution is -2.47. The number of hydrogen-bond donors (Lipinski definition) is 2. The van der Waals surface area contributed by atoms with Gasteiger partial charge in [-0.25, -0.2) is 9.59 Å². The van der Waals surface area contributed by atoms with Crippen LogP contribution in [0.3, 0.4) is 0 Å². The molecule has 1 heterocycles. The van der Waals surface area contributed by atoms with Crippen molar-refractivity contribution in [3.05, 3.63) is 79.9 Å². The van der Waals surface area contributed by atoms with Crippen molar-refractivity contribution in [2.45, 2.75) is 30.9 Å². The van der Waals surface area contributed by atoms with Gasteiger partial charge in [-0.15, -0.1) is 12.6 Å². The zero-order valence-electron chi connectivity index (χ0n) is 19.7. The molecule has 0 aromatic heterocycles. The zero-order valence-corrected chi connectivity index (χ0v) is 20.6. The molecule has 1 N–H and O–H groups in total. The van der Waals surface area contributed by atoms with Gasteiger partial charge >= 0.3 is 12.2 Å². The van der Waals surface area contributed by atoms with Gasteiger partial charge in [0.1, 0.15) is 11.5 Å². The van der Waals surface area contributed by atoms with Gasteiger partial charge in [-0.2, -0.15) is 0 Å². The third-order valence-corrected chi connectivity index (χ3v) is 6.42. The van der Waals surface area contributed by atoms with Gasteiger partial charge in [0, 0.05) is 43.9 Å². The van der Waals surface area contributed by atoms with Crippen LogP contribution in [-0.2, 0) is 22.6 Å². The van der Waals surface area contributed by atoms with Crippen molar-refractivity contribution < 1.29 is 34.0 Å². The van der Waals surface area contributed by atoms with Gasteiger partial charge in [0.05, 0.1) is 23.1 Å². The van der Waals surface area contributed by atoms with Crippen LogP contribution in [0.25, 0.3) is 0 Å². The molecule has 198 valence electrons. The molecule has 0 radical (unpaired) electrons. The van der Waals surface area contributed by atoms with Crippen molar-refractivity contribution in [3.8, 4) is 0 Å².